The number of hydrogen-bond donors (Lipinski definition) is 1. The van der Waals surface area contributed by atoms with Gasteiger partial charge < -0.3 is 9.88 Å². The fourth-order valence-corrected chi connectivity index (χ4v) is 2.92. The van der Waals surface area contributed by atoms with Crippen molar-refractivity contribution in [1.29, 1.82) is 0 Å². The van der Waals surface area contributed by atoms with Crippen molar-refractivity contribution in [3.8, 4) is 10.6 Å². The second-order valence-electron chi connectivity index (χ2n) is 4.74. The molecule has 0 bridgehead atoms. The van der Waals surface area contributed by atoms with Crippen molar-refractivity contribution < 1.29 is 4.39 Å². The molecule has 0 fully saturated rings. The van der Waals surface area contributed by atoms with Gasteiger partial charge in [-0.1, -0.05) is 11.3 Å². The third-order valence-electron chi connectivity index (χ3n) is 3.28. The van der Waals surface area contributed by atoms with E-state index >= 15 is 0 Å². The minimum atomic E-state index is -0.301. The van der Waals surface area contributed by atoms with E-state index in [2.05, 4.69) is 15.3 Å². The van der Waals surface area contributed by atoms with Crippen molar-refractivity contribution in [3.63, 3.8) is 0 Å². The van der Waals surface area contributed by atoms with E-state index in [9.17, 15) is 9.18 Å². The van der Waals surface area contributed by atoms with Crippen LogP contribution in [-0.4, -0.2) is 14.5 Å². The molecule has 2 heterocycles. The van der Waals surface area contributed by atoms with Crippen molar-refractivity contribution in [3.05, 3.63) is 57.7 Å². The summed E-state index contributed by atoms with van der Waals surface area (Å²) in [6.07, 6.45) is 1.62. The molecule has 5 nitrogen and oxygen atoms in total. The molecule has 0 aliphatic carbocycles. The highest BCUT2D eigenvalue weighted by Gasteiger charge is 2.12. The molecular formula is C15H13FN4OS. The zero-order valence-electron chi connectivity index (χ0n) is 12.0. The van der Waals surface area contributed by atoms with Crippen LogP contribution in [0.3, 0.4) is 0 Å². The number of benzene rings is 1. The Morgan fingerprint density at radius 1 is 1.23 bits per heavy atom. The summed E-state index contributed by atoms with van der Waals surface area (Å²) in [4.78, 5) is 21.1. The van der Waals surface area contributed by atoms with Crippen LogP contribution in [0.15, 0.2) is 41.3 Å². The minimum Gasteiger partial charge on any atom is -0.324 e. The maximum Gasteiger partial charge on any atom is 0.307 e. The summed E-state index contributed by atoms with van der Waals surface area (Å²) in [7, 11) is 1.73. The largest absolute Gasteiger partial charge is 0.324 e. The molecule has 0 amide bonds. The van der Waals surface area contributed by atoms with Crippen LogP contribution in [0, 0.1) is 12.7 Å². The zero-order chi connectivity index (χ0) is 15.7. The molecule has 0 saturated carbocycles. The maximum absolute atomic E-state index is 12.9. The van der Waals surface area contributed by atoms with E-state index < -0.39 is 0 Å². The molecule has 7 heteroatoms. The van der Waals surface area contributed by atoms with Gasteiger partial charge in [0.25, 0.3) is 0 Å². The number of nitrogens with one attached hydrogen (secondary N) is 1. The Kier molecular flexibility index (Phi) is 3.72. The van der Waals surface area contributed by atoms with Crippen molar-refractivity contribution in [2.45, 2.75) is 6.92 Å². The zero-order valence-corrected chi connectivity index (χ0v) is 12.8. The van der Waals surface area contributed by atoms with E-state index in [1.165, 1.54) is 12.1 Å². The number of thiazole rings is 1. The summed E-state index contributed by atoms with van der Waals surface area (Å²) in [6, 6.07) is 7.70. The number of nitrogens with zero attached hydrogens (tertiary/aromatic N) is 3. The van der Waals surface area contributed by atoms with E-state index in [4.69, 9.17) is 0 Å². The highest BCUT2D eigenvalue weighted by atomic mass is 32.1. The Labute approximate surface area is 130 Å². The lowest BCUT2D eigenvalue weighted by molar-refractivity contribution is 0.628. The Hall–Kier alpha value is -2.54. The Bertz CT molecular complexity index is 870. The highest BCUT2D eigenvalue weighted by molar-refractivity contribution is 7.13. The number of anilines is 2. The molecule has 3 rings (SSSR count). The molecule has 0 unspecified atom stereocenters. The molecule has 0 atom stereocenters. The molecule has 1 N–H and O–H groups in total. The monoisotopic (exact) mass is 316 g/mol. The summed E-state index contributed by atoms with van der Waals surface area (Å²) < 4.78 is 14.5. The lowest BCUT2D eigenvalue weighted by Gasteiger charge is -2.06. The quantitative estimate of drug-likeness (QED) is 0.806. The van der Waals surface area contributed by atoms with Crippen LogP contribution < -0.4 is 10.2 Å². The number of aromatic nitrogens is 3. The predicted molar refractivity (Wildman–Crippen MR) is 85.0 cm³/mol. The van der Waals surface area contributed by atoms with Crippen LogP contribution in [0.1, 0.15) is 5.69 Å². The number of hydrogen-bond acceptors (Lipinski definition) is 5. The first-order chi connectivity index (χ1) is 10.5. The SMILES string of the molecule is Cc1c(-c2ccnc(Nc3ccc(F)cc3)n2)sc(=O)n1C. The van der Waals surface area contributed by atoms with Gasteiger partial charge in [0.05, 0.1) is 10.6 Å². The number of halogens is 1. The van der Waals surface area contributed by atoms with Gasteiger partial charge in [-0.15, -0.1) is 0 Å². The fraction of sp³-hybridized carbons (Fsp3) is 0.133. The van der Waals surface area contributed by atoms with Gasteiger partial charge in [-0.05, 0) is 37.3 Å². The molecular weight excluding hydrogens is 303 g/mol. The first kappa shape index (κ1) is 14.4. The van der Waals surface area contributed by atoms with Crippen molar-refractivity contribution in [2.75, 3.05) is 5.32 Å². The minimum absolute atomic E-state index is 0.0286. The average molecular weight is 316 g/mol. The molecule has 3 aromatic rings. The molecule has 0 radical (unpaired) electrons. The van der Waals surface area contributed by atoms with Gasteiger partial charge in [0, 0.05) is 24.6 Å². The second-order valence-corrected chi connectivity index (χ2v) is 5.70. The predicted octanol–water partition coefficient (Wildman–Crippen LogP) is 3.09. The summed E-state index contributed by atoms with van der Waals surface area (Å²) in [5, 5.41) is 3.01. The van der Waals surface area contributed by atoms with Crippen LogP contribution in [-0.2, 0) is 7.05 Å². The lowest BCUT2D eigenvalue weighted by Crippen LogP contribution is -2.08. The van der Waals surface area contributed by atoms with E-state index in [-0.39, 0.29) is 10.7 Å². The van der Waals surface area contributed by atoms with Gasteiger partial charge in [0.2, 0.25) is 5.95 Å². The van der Waals surface area contributed by atoms with Gasteiger partial charge >= 0.3 is 4.87 Å². The van der Waals surface area contributed by atoms with Crippen molar-refractivity contribution in [2.24, 2.45) is 7.05 Å². The van der Waals surface area contributed by atoms with E-state index in [0.717, 1.165) is 21.9 Å². The van der Waals surface area contributed by atoms with E-state index in [1.807, 2.05) is 6.92 Å². The third-order valence-corrected chi connectivity index (χ3v) is 4.44. The van der Waals surface area contributed by atoms with Crippen LogP contribution in [0.5, 0.6) is 0 Å². The first-order valence-corrected chi connectivity index (χ1v) is 7.38. The molecule has 0 saturated heterocycles. The molecule has 1 aromatic carbocycles. The van der Waals surface area contributed by atoms with E-state index in [1.54, 1.807) is 36.0 Å². The Balaban J connectivity index is 1.94. The molecule has 2 aromatic heterocycles. The highest BCUT2D eigenvalue weighted by Crippen LogP contribution is 2.25. The van der Waals surface area contributed by atoms with Crippen LogP contribution >= 0.6 is 11.3 Å². The van der Waals surface area contributed by atoms with Gasteiger partial charge in [0.15, 0.2) is 0 Å². The van der Waals surface area contributed by atoms with Crippen LogP contribution in [0.25, 0.3) is 10.6 Å². The third kappa shape index (κ3) is 2.75. The van der Waals surface area contributed by atoms with Gasteiger partial charge in [-0.25, -0.2) is 14.4 Å². The van der Waals surface area contributed by atoms with Crippen LogP contribution in [0.4, 0.5) is 16.0 Å². The number of rotatable bonds is 3. The fourth-order valence-electron chi connectivity index (χ4n) is 1.96. The normalized spacial score (nSPS) is 10.7. The smallest absolute Gasteiger partial charge is 0.307 e. The van der Waals surface area contributed by atoms with Gasteiger partial charge in [-0.3, -0.25) is 4.79 Å². The van der Waals surface area contributed by atoms with Crippen molar-refractivity contribution in [1.82, 2.24) is 14.5 Å². The standard InChI is InChI=1S/C15H13FN4OS/c1-9-13(22-15(21)20(9)2)12-7-8-17-14(19-12)18-11-5-3-10(16)4-6-11/h3-8H,1-2H3,(H,17,18,19). The molecule has 0 aliphatic rings. The second kappa shape index (κ2) is 5.69. The van der Waals surface area contributed by atoms with Crippen molar-refractivity contribution >= 4 is 23.0 Å². The summed E-state index contributed by atoms with van der Waals surface area (Å²) in [5.41, 5.74) is 2.23. The maximum atomic E-state index is 12.9. The first-order valence-electron chi connectivity index (χ1n) is 6.57. The van der Waals surface area contributed by atoms with E-state index in [0.29, 0.717) is 17.3 Å². The molecule has 0 aliphatic heterocycles. The summed E-state index contributed by atoms with van der Waals surface area (Å²) in [6.45, 7) is 1.88. The molecule has 22 heavy (non-hydrogen) atoms. The molecule has 0 spiro atoms. The van der Waals surface area contributed by atoms with Crippen LogP contribution in [0.2, 0.25) is 0 Å². The van der Waals surface area contributed by atoms with Gasteiger partial charge in [0.1, 0.15) is 5.82 Å². The Morgan fingerprint density at radius 3 is 2.59 bits per heavy atom. The summed E-state index contributed by atoms with van der Waals surface area (Å²) in [5.74, 6) is 0.0944. The Morgan fingerprint density at radius 2 is 1.95 bits per heavy atom. The topological polar surface area (TPSA) is 59.8 Å². The lowest BCUT2D eigenvalue weighted by atomic mass is 10.3. The van der Waals surface area contributed by atoms with Gasteiger partial charge in [-0.2, -0.15) is 0 Å². The molecule has 112 valence electrons. The summed E-state index contributed by atoms with van der Waals surface area (Å²) >= 11 is 1.15. The average Bonchev–Trinajstić information content (AvgIpc) is 2.78.